The molecule has 0 radical (unpaired) electrons. The number of rotatable bonds is 7. The number of carbonyl (C=O) groups excluding carboxylic acids is 1. The average Bonchev–Trinajstić information content (AvgIpc) is 2.79. The molecule has 3 rings (SSSR count). The Morgan fingerprint density at radius 1 is 0.970 bits per heavy atom. The van der Waals surface area contributed by atoms with E-state index in [1.165, 1.54) is 12.1 Å². The van der Waals surface area contributed by atoms with Crippen molar-refractivity contribution in [3.05, 3.63) is 95.0 Å². The first-order chi connectivity index (χ1) is 15.7. The minimum Gasteiger partial charge on any atom is -0.297 e. The minimum atomic E-state index is -3.91. The van der Waals surface area contributed by atoms with E-state index in [0.717, 1.165) is 5.56 Å². The zero-order valence-corrected chi connectivity index (χ0v) is 19.4. The number of hydrogen-bond donors (Lipinski definition) is 2. The van der Waals surface area contributed by atoms with Crippen molar-refractivity contribution < 1.29 is 18.0 Å². The maximum absolute atomic E-state index is 12.6. The third-order valence-corrected chi connectivity index (χ3v) is 5.79. The second-order valence-electron chi connectivity index (χ2n) is 6.93. The molecule has 0 aromatic heterocycles. The fourth-order valence-electron chi connectivity index (χ4n) is 2.68. The van der Waals surface area contributed by atoms with E-state index in [0.29, 0.717) is 16.3 Å². The van der Waals surface area contributed by atoms with Gasteiger partial charge in [0.25, 0.3) is 10.0 Å². The Hall–Kier alpha value is -3.69. The zero-order valence-electron chi connectivity index (χ0n) is 17.8. The van der Waals surface area contributed by atoms with Crippen LogP contribution in [0, 0.1) is 6.92 Å². The Morgan fingerprint density at radius 3 is 2.33 bits per heavy atom. The van der Waals surface area contributed by atoms with Gasteiger partial charge in [0.15, 0.2) is 0 Å². The molecule has 3 aromatic rings. The van der Waals surface area contributed by atoms with Crippen LogP contribution in [0.5, 0.6) is 0 Å². The van der Waals surface area contributed by atoms with Crippen LogP contribution < -0.4 is 10.1 Å². The third kappa shape index (κ3) is 6.90. The molecule has 2 N–H and O–H groups in total. The molecule has 10 heteroatoms. The van der Waals surface area contributed by atoms with E-state index in [4.69, 9.17) is 16.4 Å². The van der Waals surface area contributed by atoms with Crippen molar-refractivity contribution in [3.63, 3.8) is 0 Å². The second kappa shape index (κ2) is 10.8. The largest absolute Gasteiger partial charge is 0.437 e. The fourth-order valence-corrected chi connectivity index (χ4v) is 3.71. The maximum atomic E-state index is 12.6. The number of nitrogens with zero attached hydrogens (tertiary/aromatic N) is 2. The maximum Gasteiger partial charge on any atom is 0.437 e. The smallest absolute Gasteiger partial charge is 0.297 e. The molecule has 0 fully saturated rings. The molecule has 3 aromatic carbocycles. The number of oxime groups is 1. The summed E-state index contributed by atoms with van der Waals surface area (Å²) in [5.41, 5.74) is 2.38. The summed E-state index contributed by atoms with van der Waals surface area (Å²) >= 11 is 5.90. The van der Waals surface area contributed by atoms with Gasteiger partial charge in [0, 0.05) is 16.3 Å². The van der Waals surface area contributed by atoms with Gasteiger partial charge in [-0.15, -0.1) is 0 Å². The summed E-state index contributed by atoms with van der Waals surface area (Å²) in [5, 5.41) is 10.8. The summed E-state index contributed by atoms with van der Waals surface area (Å²) in [7, 11) is -3.91. The molecular formula is C23H21ClN4O4S. The van der Waals surface area contributed by atoms with E-state index in [1.807, 2.05) is 19.1 Å². The first kappa shape index (κ1) is 24.0. The van der Waals surface area contributed by atoms with Crippen molar-refractivity contribution in [2.45, 2.75) is 18.7 Å². The summed E-state index contributed by atoms with van der Waals surface area (Å²) in [4.78, 5) is 19.3. The van der Waals surface area contributed by atoms with Gasteiger partial charge in [-0.2, -0.15) is 18.4 Å². The third-order valence-electron chi connectivity index (χ3n) is 4.34. The number of hydrogen-bond acceptors (Lipinski definition) is 6. The predicted molar refractivity (Wildman–Crippen MR) is 129 cm³/mol. The summed E-state index contributed by atoms with van der Waals surface area (Å²) in [6, 6.07) is 21.6. The number of hydrazone groups is 1. The molecule has 0 spiro atoms. The molecule has 0 bridgehead atoms. The molecule has 0 saturated carbocycles. The Labute approximate surface area is 197 Å². The lowest BCUT2D eigenvalue weighted by atomic mass is 10.1. The molecule has 0 aliphatic heterocycles. The van der Waals surface area contributed by atoms with Crippen molar-refractivity contribution in [1.82, 2.24) is 4.83 Å². The van der Waals surface area contributed by atoms with Crippen LogP contribution in [0.15, 0.2) is 94.0 Å². The number of nitrogens with one attached hydrogen (secondary N) is 2. The van der Waals surface area contributed by atoms with Gasteiger partial charge < -0.3 is 0 Å². The molecule has 0 aliphatic carbocycles. The van der Waals surface area contributed by atoms with Crippen LogP contribution in [0.1, 0.15) is 18.1 Å². The van der Waals surface area contributed by atoms with Gasteiger partial charge in [-0.3, -0.25) is 10.2 Å². The lowest BCUT2D eigenvalue weighted by Gasteiger charge is -2.09. The van der Waals surface area contributed by atoms with Crippen LogP contribution >= 0.6 is 11.6 Å². The standard InChI is InChI=1S/C23H21ClN4O4S/c1-16-11-13-18(14-12-16)22(26-28-33(30,31)21-9-4-3-5-10-21)17(2)27-32-23(29)25-20-8-6-7-19(24)15-20/h3-15,28H,1-2H3,(H,25,29)/b26-22+,27-17+. The van der Waals surface area contributed by atoms with Crippen LogP contribution in [-0.2, 0) is 14.9 Å². The Balaban J connectivity index is 1.83. The molecule has 8 nitrogen and oxygen atoms in total. The van der Waals surface area contributed by atoms with Crippen LogP contribution in [0.2, 0.25) is 5.02 Å². The molecule has 0 aliphatic rings. The van der Waals surface area contributed by atoms with Gasteiger partial charge in [-0.05, 0) is 44.2 Å². The molecule has 1 amide bonds. The van der Waals surface area contributed by atoms with E-state index in [-0.39, 0.29) is 16.3 Å². The molecule has 0 saturated heterocycles. The average molecular weight is 485 g/mol. The predicted octanol–water partition coefficient (Wildman–Crippen LogP) is 4.96. The quantitative estimate of drug-likeness (QED) is 0.280. The highest BCUT2D eigenvalue weighted by molar-refractivity contribution is 7.89. The summed E-state index contributed by atoms with van der Waals surface area (Å²) in [6.45, 7) is 3.46. The highest BCUT2D eigenvalue weighted by Crippen LogP contribution is 2.15. The first-order valence-corrected chi connectivity index (χ1v) is 11.6. The van der Waals surface area contributed by atoms with Crippen molar-refractivity contribution in [2.24, 2.45) is 10.3 Å². The lowest BCUT2D eigenvalue weighted by molar-refractivity contribution is 0.166. The number of sulfonamides is 1. The summed E-state index contributed by atoms with van der Waals surface area (Å²) in [6.07, 6.45) is -0.843. The molecule has 0 atom stereocenters. The number of halogens is 1. The van der Waals surface area contributed by atoms with Crippen molar-refractivity contribution in [1.29, 1.82) is 0 Å². The summed E-state index contributed by atoms with van der Waals surface area (Å²) < 4.78 is 25.2. The number of anilines is 1. The van der Waals surface area contributed by atoms with Crippen LogP contribution in [0.4, 0.5) is 10.5 Å². The van der Waals surface area contributed by atoms with Crippen LogP contribution in [0.3, 0.4) is 0 Å². The minimum absolute atomic E-state index is 0.0590. The Morgan fingerprint density at radius 2 is 1.67 bits per heavy atom. The molecule has 0 unspecified atom stereocenters. The SMILES string of the molecule is CC(=N\OC(=O)Nc1cccc(Cl)c1)/C(=N\NS(=O)(=O)c1ccccc1)c1ccc(C)cc1. The summed E-state index contributed by atoms with van der Waals surface area (Å²) in [5.74, 6) is 0. The monoisotopic (exact) mass is 484 g/mol. The zero-order chi connectivity index (χ0) is 23.8. The molecule has 33 heavy (non-hydrogen) atoms. The second-order valence-corrected chi connectivity index (χ2v) is 9.02. The molecule has 0 heterocycles. The number of amides is 1. The van der Waals surface area contributed by atoms with Gasteiger partial charge in [0.1, 0.15) is 11.4 Å². The van der Waals surface area contributed by atoms with Crippen molar-refractivity contribution >= 4 is 44.8 Å². The van der Waals surface area contributed by atoms with E-state index in [2.05, 4.69) is 20.4 Å². The van der Waals surface area contributed by atoms with E-state index in [1.54, 1.807) is 61.5 Å². The van der Waals surface area contributed by atoms with Crippen LogP contribution in [0.25, 0.3) is 0 Å². The van der Waals surface area contributed by atoms with Gasteiger partial charge in [-0.1, -0.05) is 70.9 Å². The van der Waals surface area contributed by atoms with E-state index in [9.17, 15) is 13.2 Å². The Kier molecular flexibility index (Phi) is 7.81. The Bertz CT molecular complexity index is 1290. The molecule has 170 valence electrons. The lowest BCUT2D eigenvalue weighted by Crippen LogP contribution is -2.24. The van der Waals surface area contributed by atoms with Gasteiger partial charge >= 0.3 is 6.09 Å². The van der Waals surface area contributed by atoms with Crippen molar-refractivity contribution in [2.75, 3.05) is 5.32 Å². The topological polar surface area (TPSA) is 109 Å². The van der Waals surface area contributed by atoms with E-state index < -0.39 is 16.1 Å². The van der Waals surface area contributed by atoms with Crippen molar-refractivity contribution in [3.8, 4) is 0 Å². The van der Waals surface area contributed by atoms with Gasteiger partial charge in [0.05, 0.1) is 4.90 Å². The number of aryl methyl sites for hydroxylation is 1. The fraction of sp³-hybridized carbons (Fsp3) is 0.0870. The normalized spacial score (nSPS) is 12.2. The highest BCUT2D eigenvalue weighted by Gasteiger charge is 2.15. The molecular weight excluding hydrogens is 464 g/mol. The first-order valence-electron chi connectivity index (χ1n) is 9.75. The number of carbonyl (C=O) groups is 1. The van der Waals surface area contributed by atoms with Gasteiger partial charge in [-0.25, -0.2) is 4.79 Å². The van der Waals surface area contributed by atoms with Crippen LogP contribution in [-0.4, -0.2) is 25.9 Å². The highest BCUT2D eigenvalue weighted by atomic mass is 35.5. The van der Waals surface area contributed by atoms with Gasteiger partial charge in [0.2, 0.25) is 0 Å². The number of benzene rings is 3. The van der Waals surface area contributed by atoms with E-state index >= 15 is 0 Å².